The molecule has 0 bridgehead atoms. The monoisotopic (exact) mass is 264 g/mol. The van der Waals surface area contributed by atoms with Gasteiger partial charge >= 0.3 is 0 Å². The van der Waals surface area contributed by atoms with Crippen LogP contribution in [0.2, 0.25) is 5.02 Å². The summed E-state index contributed by atoms with van der Waals surface area (Å²) in [5.41, 5.74) is 2.66. The molecule has 18 heavy (non-hydrogen) atoms. The molecule has 0 spiro atoms. The standard InChI is InChI=1S/C14H14ClFN2/c1-10-3-2-6-18-14(10)9-17-8-11-7-12(15)4-5-13(11)16/h2-7,17H,8-9H2,1H3. The summed E-state index contributed by atoms with van der Waals surface area (Å²) < 4.78 is 13.5. The van der Waals surface area contributed by atoms with Crippen molar-refractivity contribution < 1.29 is 4.39 Å². The van der Waals surface area contributed by atoms with Crippen molar-refractivity contribution in [3.63, 3.8) is 0 Å². The lowest BCUT2D eigenvalue weighted by molar-refractivity contribution is 0.585. The molecule has 0 saturated carbocycles. The third-order valence-corrected chi connectivity index (χ3v) is 2.97. The van der Waals surface area contributed by atoms with Crippen molar-refractivity contribution in [1.29, 1.82) is 0 Å². The summed E-state index contributed by atoms with van der Waals surface area (Å²) >= 11 is 5.83. The van der Waals surface area contributed by atoms with Crippen molar-refractivity contribution in [3.05, 3.63) is 64.2 Å². The van der Waals surface area contributed by atoms with E-state index >= 15 is 0 Å². The molecule has 0 radical (unpaired) electrons. The van der Waals surface area contributed by atoms with Crippen LogP contribution in [0.4, 0.5) is 4.39 Å². The lowest BCUT2D eigenvalue weighted by Crippen LogP contribution is -2.15. The molecule has 2 nitrogen and oxygen atoms in total. The van der Waals surface area contributed by atoms with E-state index in [0.717, 1.165) is 11.3 Å². The Balaban J connectivity index is 1.96. The maximum atomic E-state index is 13.5. The number of hydrogen-bond acceptors (Lipinski definition) is 2. The number of aromatic nitrogens is 1. The first kappa shape index (κ1) is 13.0. The molecule has 1 aromatic heterocycles. The molecule has 2 aromatic rings. The van der Waals surface area contributed by atoms with E-state index in [0.29, 0.717) is 23.7 Å². The number of hydrogen-bond donors (Lipinski definition) is 1. The SMILES string of the molecule is Cc1cccnc1CNCc1cc(Cl)ccc1F. The quantitative estimate of drug-likeness (QED) is 0.915. The Kier molecular flexibility index (Phi) is 4.28. The van der Waals surface area contributed by atoms with Crippen molar-refractivity contribution in [2.24, 2.45) is 0 Å². The smallest absolute Gasteiger partial charge is 0.127 e. The van der Waals surface area contributed by atoms with E-state index < -0.39 is 0 Å². The van der Waals surface area contributed by atoms with Crippen LogP contribution >= 0.6 is 11.6 Å². The maximum Gasteiger partial charge on any atom is 0.127 e. The zero-order chi connectivity index (χ0) is 13.0. The zero-order valence-corrected chi connectivity index (χ0v) is 10.8. The normalized spacial score (nSPS) is 10.6. The van der Waals surface area contributed by atoms with E-state index in [1.165, 1.54) is 6.07 Å². The van der Waals surface area contributed by atoms with E-state index in [1.54, 1.807) is 18.3 Å². The molecule has 1 N–H and O–H groups in total. The van der Waals surface area contributed by atoms with E-state index in [2.05, 4.69) is 10.3 Å². The molecule has 0 amide bonds. The predicted octanol–water partition coefficient (Wildman–Crippen LogP) is 3.47. The van der Waals surface area contributed by atoms with Gasteiger partial charge in [-0.15, -0.1) is 0 Å². The lowest BCUT2D eigenvalue weighted by Gasteiger charge is -2.07. The van der Waals surface area contributed by atoms with Crippen LogP contribution in [0.1, 0.15) is 16.8 Å². The fourth-order valence-electron chi connectivity index (χ4n) is 1.70. The first-order valence-electron chi connectivity index (χ1n) is 5.72. The topological polar surface area (TPSA) is 24.9 Å². The van der Waals surface area contributed by atoms with Crippen molar-refractivity contribution in [1.82, 2.24) is 10.3 Å². The third-order valence-electron chi connectivity index (χ3n) is 2.73. The number of benzene rings is 1. The summed E-state index contributed by atoms with van der Waals surface area (Å²) in [6.45, 7) is 3.05. The van der Waals surface area contributed by atoms with Crippen LogP contribution in [-0.2, 0) is 13.1 Å². The minimum absolute atomic E-state index is 0.246. The van der Waals surface area contributed by atoms with Gasteiger partial charge in [0.05, 0.1) is 5.69 Å². The largest absolute Gasteiger partial charge is 0.307 e. The van der Waals surface area contributed by atoms with Gasteiger partial charge in [0.25, 0.3) is 0 Å². The Labute approximate surface area is 111 Å². The van der Waals surface area contributed by atoms with Crippen LogP contribution in [0.3, 0.4) is 0 Å². The number of halogens is 2. The minimum Gasteiger partial charge on any atom is -0.307 e. The van der Waals surface area contributed by atoms with Gasteiger partial charge in [0.15, 0.2) is 0 Å². The second-order valence-electron chi connectivity index (χ2n) is 4.11. The molecule has 4 heteroatoms. The molecule has 0 aliphatic rings. The van der Waals surface area contributed by atoms with Crippen LogP contribution < -0.4 is 5.32 Å². The number of pyridine rings is 1. The fourth-order valence-corrected chi connectivity index (χ4v) is 1.89. The molecular formula is C14H14ClFN2. The average molecular weight is 265 g/mol. The molecule has 0 saturated heterocycles. The van der Waals surface area contributed by atoms with Crippen molar-refractivity contribution >= 4 is 11.6 Å². The highest BCUT2D eigenvalue weighted by molar-refractivity contribution is 6.30. The van der Waals surface area contributed by atoms with Crippen LogP contribution in [0.15, 0.2) is 36.5 Å². The summed E-state index contributed by atoms with van der Waals surface area (Å²) in [7, 11) is 0. The molecule has 1 heterocycles. The van der Waals surface area contributed by atoms with Gasteiger partial charge < -0.3 is 5.32 Å². The van der Waals surface area contributed by atoms with Crippen LogP contribution in [0, 0.1) is 12.7 Å². The van der Waals surface area contributed by atoms with Gasteiger partial charge in [-0.3, -0.25) is 4.98 Å². The van der Waals surface area contributed by atoms with Gasteiger partial charge in [-0.25, -0.2) is 4.39 Å². The third kappa shape index (κ3) is 3.28. The Bertz CT molecular complexity index is 543. The molecule has 2 rings (SSSR count). The van der Waals surface area contributed by atoms with E-state index in [-0.39, 0.29) is 5.82 Å². The minimum atomic E-state index is -0.246. The number of aryl methyl sites for hydroxylation is 1. The Morgan fingerprint density at radius 2 is 2.11 bits per heavy atom. The molecule has 1 aromatic carbocycles. The van der Waals surface area contributed by atoms with Crippen molar-refractivity contribution in [2.75, 3.05) is 0 Å². The Hall–Kier alpha value is -1.45. The number of rotatable bonds is 4. The Morgan fingerprint density at radius 1 is 1.28 bits per heavy atom. The van der Waals surface area contributed by atoms with Crippen molar-refractivity contribution in [3.8, 4) is 0 Å². The van der Waals surface area contributed by atoms with Crippen LogP contribution in [0.25, 0.3) is 0 Å². The predicted molar refractivity (Wildman–Crippen MR) is 70.9 cm³/mol. The summed E-state index contributed by atoms with van der Waals surface area (Å²) in [5, 5.41) is 3.71. The number of nitrogens with zero attached hydrogens (tertiary/aromatic N) is 1. The second-order valence-corrected chi connectivity index (χ2v) is 4.54. The molecule has 0 aliphatic carbocycles. The summed E-state index contributed by atoms with van der Waals surface area (Å²) in [5.74, 6) is -0.246. The first-order valence-corrected chi connectivity index (χ1v) is 6.10. The molecule has 0 unspecified atom stereocenters. The van der Waals surface area contributed by atoms with E-state index in [4.69, 9.17) is 11.6 Å². The highest BCUT2D eigenvalue weighted by atomic mass is 35.5. The summed E-state index contributed by atoms with van der Waals surface area (Å²) in [6.07, 6.45) is 1.75. The fraction of sp³-hybridized carbons (Fsp3) is 0.214. The van der Waals surface area contributed by atoms with Gasteiger partial charge in [-0.1, -0.05) is 17.7 Å². The van der Waals surface area contributed by atoms with E-state index in [1.807, 2.05) is 19.1 Å². The van der Waals surface area contributed by atoms with Gasteiger partial charge in [-0.2, -0.15) is 0 Å². The van der Waals surface area contributed by atoms with Crippen LogP contribution in [0.5, 0.6) is 0 Å². The Morgan fingerprint density at radius 3 is 2.89 bits per heavy atom. The maximum absolute atomic E-state index is 13.5. The summed E-state index contributed by atoms with van der Waals surface area (Å²) in [4.78, 5) is 4.27. The van der Waals surface area contributed by atoms with E-state index in [9.17, 15) is 4.39 Å². The molecular weight excluding hydrogens is 251 g/mol. The lowest BCUT2D eigenvalue weighted by atomic mass is 10.2. The highest BCUT2D eigenvalue weighted by Gasteiger charge is 2.03. The summed E-state index contributed by atoms with van der Waals surface area (Å²) in [6, 6.07) is 8.46. The number of nitrogens with one attached hydrogen (secondary N) is 1. The van der Waals surface area contributed by atoms with Gasteiger partial charge in [0.2, 0.25) is 0 Å². The second kappa shape index (κ2) is 5.94. The zero-order valence-electron chi connectivity index (χ0n) is 10.1. The van der Waals surface area contributed by atoms with Crippen molar-refractivity contribution in [2.45, 2.75) is 20.0 Å². The van der Waals surface area contributed by atoms with Crippen LogP contribution in [-0.4, -0.2) is 4.98 Å². The van der Waals surface area contributed by atoms with Gasteiger partial charge in [-0.05, 0) is 36.8 Å². The average Bonchev–Trinajstić information content (AvgIpc) is 2.36. The van der Waals surface area contributed by atoms with Gasteiger partial charge in [0.1, 0.15) is 5.82 Å². The first-order chi connectivity index (χ1) is 8.66. The molecule has 0 fully saturated rings. The highest BCUT2D eigenvalue weighted by Crippen LogP contribution is 2.14. The van der Waals surface area contributed by atoms with Gasteiger partial charge in [0, 0.05) is 29.9 Å². The molecule has 0 aliphatic heterocycles. The molecule has 0 atom stereocenters. The molecule has 94 valence electrons.